The molecule has 2 aliphatic carbocycles. The third-order valence-corrected chi connectivity index (χ3v) is 3.78. The monoisotopic (exact) mass is 193 g/mol. The van der Waals surface area contributed by atoms with E-state index in [1.165, 1.54) is 51.5 Å². The van der Waals surface area contributed by atoms with Crippen molar-refractivity contribution >= 4 is 0 Å². The quantitative estimate of drug-likeness (QED) is 0.661. The van der Waals surface area contributed by atoms with Crippen LogP contribution in [0.3, 0.4) is 0 Å². The zero-order chi connectivity index (χ0) is 9.80. The van der Waals surface area contributed by atoms with Crippen molar-refractivity contribution < 1.29 is 0 Å². The molecule has 2 rings (SSSR count). The summed E-state index contributed by atoms with van der Waals surface area (Å²) in [5, 5.41) is 3.68. The number of hydrogen-bond donors (Lipinski definition) is 1. The van der Waals surface area contributed by atoms with E-state index in [-0.39, 0.29) is 0 Å². The molecule has 2 saturated carbocycles. The third kappa shape index (κ3) is 2.84. The highest BCUT2D eigenvalue weighted by Gasteiger charge is 2.27. The standard InChI is InChI=1S/C13H23N/c1-2-5-11-6-3-4-7-12(11)10-14-13-8-9-13/h2,11-14H,1,3-10H2. The first-order chi connectivity index (χ1) is 6.90. The molecule has 14 heavy (non-hydrogen) atoms. The predicted molar refractivity (Wildman–Crippen MR) is 61.3 cm³/mol. The molecule has 0 aromatic heterocycles. The summed E-state index contributed by atoms with van der Waals surface area (Å²) in [6.45, 7) is 5.14. The second-order valence-electron chi connectivity index (χ2n) is 5.01. The molecule has 0 aromatic rings. The Kier molecular flexibility index (Phi) is 3.63. The molecule has 0 radical (unpaired) electrons. The maximum atomic E-state index is 3.88. The van der Waals surface area contributed by atoms with Crippen molar-refractivity contribution in [2.75, 3.05) is 6.54 Å². The van der Waals surface area contributed by atoms with Gasteiger partial charge in [0.15, 0.2) is 0 Å². The Morgan fingerprint density at radius 3 is 2.43 bits per heavy atom. The molecule has 80 valence electrons. The van der Waals surface area contributed by atoms with E-state index in [1.54, 1.807) is 0 Å². The van der Waals surface area contributed by atoms with Crippen LogP contribution in [-0.4, -0.2) is 12.6 Å². The van der Waals surface area contributed by atoms with Gasteiger partial charge in [0, 0.05) is 6.04 Å². The molecule has 1 nitrogen and oxygen atoms in total. The summed E-state index contributed by atoms with van der Waals surface area (Å²) < 4.78 is 0. The molecular weight excluding hydrogens is 170 g/mol. The van der Waals surface area contributed by atoms with Crippen molar-refractivity contribution in [3.63, 3.8) is 0 Å². The summed E-state index contributed by atoms with van der Waals surface area (Å²) in [4.78, 5) is 0. The van der Waals surface area contributed by atoms with E-state index in [2.05, 4.69) is 18.0 Å². The Bertz CT molecular complexity index is 184. The van der Waals surface area contributed by atoms with Crippen LogP contribution in [0.5, 0.6) is 0 Å². The topological polar surface area (TPSA) is 12.0 Å². The fraction of sp³-hybridized carbons (Fsp3) is 0.846. The molecule has 0 aromatic carbocycles. The summed E-state index contributed by atoms with van der Waals surface area (Å²) in [6, 6.07) is 0.876. The average Bonchev–Trinajstić information content (AvgIpc) is 3.01. The van der Waals surface area contributed by atoms with Gasteiger partial charge < -0.3 is 5.32 Å². The molecule has 0 aliphatic heterocycles. The Morgan fingerprint density at radius 2 is 1.79 bits per heavy atom. The van der Waals surface area contributed by atoms with Gasteiger partial charge >= 0.3 is 0 Å². The summed E-state index contributed by atoms with van der Waals surface area (Å²) >= 11 is 0. The van der Waals surface area contributed by atoms with Crippen molar-refractivity contribution in [3.8, 4) is 0 Å². The number of nitrogens with one attached hydrogen (secondary N) is 1. The van der Waals surface area contributed by atoms with E-state index in [1.807, 2.05) is 0 Å². The molecule has 2 unspecified atom stereocenters. The molecule has 2 atom stereocenters. The normalized spacial score (nSPS) is 32.9. The van der Waals surface area contributed by atoms with Gasteiger partial charge in [-0.1, -0.05) is 18.9 Å². The van der Waals surface area contributed by atoms with Crippen LogP contribution < -0.4 is 5.32 Å². The van der Waals surface area contributed by atoms with Crippen LogP contribution in [0.15, 0.2) is 12.7 Å². The van der Waals surface area contributed by atoms with E-state index >= 15 is 0 Å². The SMILES string of the molecule is C=CCC1CCCCC1CNC1CC1. The Hall–Kier alpha value is -0.300. The van der Waals surface area contributed by atoms with Gasteiger partial charge in [0.05, 0.1) is 0 Å². The highest BCUT2D eigenvalue weighted by molar-refractivity contribution is 4.86. The highest BCUT2D eigenvalue weighted by atomic mass is 14.9. The molecule has 2 fully saturated rings. The summed E-state index contributed by atoms with van der Waals surface area (Å²) in [5.74, 6) is 1.86. The van der Waals surface area contributed by atoms with Crippen molar-refractivity contribution in [3.05, 3.63) is 12.7 Å². The molecule has 1 heteroatoms. The summed E-state index contributed by atoms with van der Waals surface area (Å²) in [7, 11) is 0. The highest BCUT2D eigenvalue weighted by Crippen LogP contribution is 2.32. The Balaban J connectivity index is 1.75. The maximum absolute atomic E-state index is 3.88. The summed E-state index contributed by atoms with van der Waals surface area (Å²) in [6.07, 6.45) is 11.9. The number of allylic oxidation sites excluding steroid dienone is 1. The molecule has 0 spiro atoms. The molecular formula is C13H23N. The van der Waals surface area contributed by atoms with E-state index in [0.717, 1.165) is 17.9 Å². The fourth-order valence-electron chi connectivity index (χ4n) is 2.68. The largest absolute Gasteiger partial charge is 0.314 e. The Labute approximate surface area is 88.0 Å². The average molecular weight is 193 g/mol. The Morgan fingerprint density at radius 1 is 1.07 bits per heavy atom. The van der Waals surface area contributed by atoms with Gasteiger partial charge in [-0.25, -0.2) is 0 Å². The van der Waals surface area contributed by atoms with Crippen LogP contribution in [0, 0.1) is 11.8 Å². The zero-order valence-electron chi connectivity index (χ0n) is 9.17. The van der Waals surface area contributed by atoms with Crippen molar-refractivity contribution in [1.82, 2.24) is 5.32 Å². The minimum atomic E-state index is 0.876. The van der Waals surface area contributed by atoms with Gasteiger partial charge in [-0.05, 0) is 50.5 Å². The van der Waals surface area contributed by atoms with Crippen LogP contribution in [0.1, 0.15) is 44.9 Å². The predicted octanol–water partition coefficient (Wildman–Crippen LogP) is 3.12. The van der Waals surface area contributed by atoms with Crippen molar-refractivity contribution in [2.45, 2.75) is 51.0 Å². The lowest BCUT2D eigenvalue weighted by Crippen LogP contribution is -2.31. The molecule has 1 N–H and O–H groups in total. The van der Waals surface area contributed by atoms with Gasteiger partial charge in [0.2, 0.25) is 0 Å². The smallest absolute Gasteiger partial charge is 0.00683 e. The second-order valence-corrected chi connectivity index (χ2v) is 5.01. The minimum Gasteiger partial charge on any atom is -0.314 e. The lowest BCUT2D eigenvalue weighted by atomic mass is 9.77. The third-order valence-electron chi connectivity index (χ3n) is 3.78. The van der Waals surface area contributed by atoms with Crippen molar-refractivity contribution in [2.24, 2.45) is 11.8 Å². The van der Waals surface area contributed by atoms with E-state index in [4.69, 9.17) is 0 Å². The number of hydrogen-bond acceptors (Lipinski definition) is 1. The molecule has 0 bridgehead atoms. The lowest BCUT2D eigenvalue weighted by Gasteiger charge is -2.31. The van der Waals surface area contributed by atoms with Gasteiger partial charge in [0.1, 0.15) is 0 Å². The first-order valence-electron chi connectivity index (χ1n) is 6.24. The lowest BCUT2D eigenvalue weighted by molar-refractivity contribution is 0.231. The van der Waals surface area contributed by atoms with Crippen LogP contribution >= 0.6 is 0 Å². The minimum absolute atomic E-state index is 0.876. The van der Waals surface area contributed by atoms with E-state index in [0.29, 0.717) is 0 Å². The van der Waals surface area contributed by atoms with E-state index < -0.39 is 0 Å². The van der Waals surface area contributed by atoms with Crippen LogP contribution in [0.25, 0.3) is 0 Å². The van der Waals surface area contributed by atoms with Crippen molar-refractivity contribution in [1.29, 1.82) is 0 Å². The van der Waals surface area contributed by atoms with Crippen LogP contribution in [0.4, 0.5) is 0 Å². The first kappa shape index (κ1) is 10.2. The number of rotatable bonds is 5. The second kappa shape index (κ2) is 4.97. The molecule has 0 saturated heterocycles. The molecule has 2 aliphatic rings. The zero-order valence-corrected chi connectivity index (χ0v) is 9.17. The molecule has 0 heterocycles. The molecule has 0 amide bonds. The van der Waals surface area contributed by atoms with Crippen LogP contribution in [0.2, 0.25) is 0 Å². The first-order valence-corrected chi connectivity index (χ1v) is 6.24. The van der Waals surface area contributed by atoms with Gasteiger partial charge in [-0.3, -0.25) is 0 Å². The van der Waals surface area contributed by atoms with Gasteiger partial charge in [0.25, 0.3) is 0 Å². The van der Waals surface area contributed by atoms with E-state index in [9.17, 15) is 0 Å². The fourth-order valence-corrected chi connectivity index (χ4v) is 2.68. The van der Waals surface area contributed by atoms with Crippen LogP contribution in [-0.2, 0) is 0 Å². The maximum Gasteiger partial charge on any atom is 0.00683 e. The summed E-state index contributed by atoms with van der Waals surface area (Å²) in [5.41, 5.74) is 0. The van der Waals surface area contributed by atoms with Gasteiger partial charge in [-0.2, -0.15) is 0 Å². The van der Waals surface area contributed by atoms with Gasteiger partial charge in [-0.15, -0.1) is 6.58 Å².